The van der Waals surface area contributed by atoms with Crippen LogP contribution in [0.3, 0.4) is 0 Å². The van der Waals surface area contributed by atoms with E-state index in [0.717, 1.165) is 27.3 Å². The molecule has 5 rings (SSSR count). The predicted octanol–water partition coefficient (Wildman–Crippen LogP) is 6.44. The first-order valence-corrected chi connectivity index (χ1v) is 13.1. The fourth-order valence-corrected chi connectivity index (χ4v) is 5.15. The summed E-state index contributed by atoms with van der Waals surface area (Å²) < 4.78 is 15.8. The van der Waals surface area contributed by atoms with Gasteiger partial charge < -0.3 is 9.88 Å². The number of imidazole rings is 1. The second kappa shape index (κ2) is 11.4. The average molecular weight is 511 g/mol. The number of pyridine rings is 1. The lowest BCUT2D eigenvalue weighted by molar-refractivity contribution is 0.0951. The number of halogens is 1. The molecule has 1 amide bonds. The number of fused-ring (bicyclic) bond motifs is 1. The van der Waals surface area contributed by atoms with Gasteiger partial charge in [-0.2, -0.15) is 0 Å². The molecular formula is C30H27FN4OS. The maximum absolute atomic E-state index is 13.8. The van der Waals surface area contributed by atoms with Crippen LogP contribution in [0.1, 0.15) is 39.9 Å². The van der Waals surface area contributed by atoms with Gasteiger partial charge in [0.2, 0.25) is 0 Å². The molecule has 0 saturated carbocycles. The molecule has 186 valence electrons. The first kappa shape index (κ1) is 24.7. The Morgan fingerprint density at radius 2 is 1.81 bits per heavy atom. The standard InChI is InChI=1S/C30H27FN4OS/c1-21(24-7-3-2-4-8-24)17-33-29(36)25-12-10-22(11-13-25)20-37-30-34-27-14-15-32-18-28(27)35(30)19-23-6-5-9-26(31)16-23/h2-16,18,21H,17,19-20H2,1H3,(H,33,36)/t21-/m0/s1. The highest BCUT2D eigenvalue weighted by molar-refractivity contribution is 7.98. The molecule has 2 aromatic heterocycles. The molecule has 5 nitrogen and oxygen atoms in total. The highest BCUT2D eigenvalue weighted by atomic mass is 32.2. The molecule has 0 radical (unpaired) electrons. The summed E-state index contributed by atoms with van der Waals surface area (Å²) in [5.74, 6) is 0.592. The van der Waals surface area contributed by atoms with Gasteiger partial charge in [-0.25, -0.2) is 9.37 Å². The average Bonchev–Trinajstić information content (AvgIpc) is 3.28. The van der Waals surface area contributed by atoms with Gasteiger partial charge in [-0.1, -0.05) is 73.3 Å². The van der Waals surface area contributed by atoms with Crippen LogP contribution in [0.15, 0.2) is 102 Å². The van der Waals surface area contributed by atoms with E-state index < -0.39 is 0 Å². The second-order valence-electron chi connectivity index (χ2n) is 8.98. The first-order chi connectivity index (χ1) is 18.1. The predicted molar refractivity (Wildman–Crippen MR) is 146 cm³/mol. The van der Waals surface area contributed by atoms with Gasteiger partial charge in [0.1, 0.15) is 5.82 Å². The van der Waals surface area contributed by atoms with Crippen LogP contribution in [0.25, 0.3) is 11.0 Å². The summed E-state index contributed by atoms with van der Waals surface area (Å²) in [6.07, 6.45) is 3.51. The van der Waals surface area contributed by atoms with Crippen molar-refractivity contribution in [2.24, 2.45) is 0 Å². The van der Waals surface area contributed by atoms with E-state index in [-0.39, 0.29) is 17.6 Å². The van der Waals surface area contributed by atoms with E-state index >= 15 is 0 Å². The number of hydrogen-bond donors (Lipinski definition) is 1. The minimum Gasteiger partial charge on any atom is -0.351 e. The van der Waals surface area contributed by atoms with E-state index in [2.05, 4.69) is 33.9 Å². The van der Waals surface area contributed by atoms with Gasteiger partial charge in [-0.15, -0.1) is 0 Å². The van der Waals surface area contributed by atoms with Crippen LogP contribution in [-0.2, 0) is 12.3 Å². The van der Waals surface area contributed by atoms with Gasteiger partial charge in [0.25, 0.3) is 5.91 Å². The molecule has 0 bridgehead atoms. The van der Waals surface area contributed by atoms with Gasteiger partial charge in [-0.05, 0) is 52.9 Å². The Labute approximate surface area is 219 Å². The molecule has 1 atom stereocenters. The summed E-state index contributed by atoms with van der Waals surface area (Å²) in [6.45, 7) is 3.19. The van der Waals surface area contributed by atoms with Crippen molar-refractivity contribution in [2.75, 3.05) is 6.54 Å². The zero-order valence-electron chi connectivity index (χ0n) is 20.5. The van der Waals surface area contributed by atoms with Crippen LogP contribution in [0.2, 0.25) is 0 Å². The van der Waals surface area contributed by atoms with Crippen molar-refractivity contribution in [3.8, 4) is 0 Å². The Morgan fingerprint density at radius 1 is 1.00 bits per heavy atom. The summed E-state index contributed by atoms with van der Waals surface area (Å²) in [5, 5.41) is 3.87. The van der Waals surface area contributed by atoms with Gasteiger partial charge in [0.15, 0.2) is 5.16 Å². The maximum atomic E-state index is 13.8. The van der Waals surface area contributed by atoms with Crippen molar-refractivity contribution in [2.45, 2.75) is 30.3 Å². The second-order valence-corrected chi connectivity index (χ2v) is 9.92. The van der Waals surface area contributed by atoms with Gasteiger partial charge in [-0.3, -0.25) is 9.78 Å². The molecule has 1 N–H and O–H groups in total. The van der Waals surface area contributed by atoms with Gasteiger partial charge in [0.05, 0.1) is 23.8 Å². The molecule has 0 aliphatic heterocycles. The van der Waals surface area contributed by atoms with Crippen molar-refractivity contribution in [3.05, 3.63) is 125 Å². The first-order valence-electron chi connectivity index (χ1n) is 12.2. The lowest BCUT2D eigenvalue weighted by Crippen LogP contribution is -2.27. The van der Waals surface area contributed by atoms with Crippen LogP contribution >= 0.6 is 11.8 Å². The third-order valence-corrected chi connectivity index (χ3v) is 7.31. The normalized spacial score (nSPS) is 11.9. The number of carbonyl (C=O) groups excluding carboxylic acids is 1. The minimum atomic E-state index is -0.257. The molecule has 0 aliphatic carbocycles. The topological polar surface area (TPSA) is 59.8 Å². The van der Waals surface area contributed by atoms with Crippen LogP contribution in [0.5, 0.6) is 0 Å². The monoisotopic (exact) mass is 510 g/mol. The molecule has 0 saturated heterocycles. The van der Waals surface area contributed by atoms with Crippen LogP contribution in [0.4, 0.5) is 4.39 Å². The summed E-state index contributed by atoms with van der Waals surface area (Å²) in [7, 11) is 0. The Balaban J connectivity index is 1.24. The minimum absolute atomic E-state index is 0.0774. The van der Waals surface area contributed by atoms with Gasteiger partial charge >= 0.3 is 0 Å². The Morgan fingerprint density at radius 3 is 2.59 bits per heavy atom. The largest absolute Gasteiger partial charge is 0.351 e. The maximum Gasteiger partial charge on any atom is 0.251 e. The van der Waals surface area contributed by atoms with E-state index in [0.29, 0.717) is 24.4 Å². The number of carbonyl (C=O) groups is 1. The molecule has 0 fully saturated rings. The van der Waals surface area contributed by atoms with Crippen LogP contribution in [-0.4, -0.2) is 27.0 Å². The van der Waals surface area contributed by atoms with E-state index in [1.807, 2.05) is 54.6 Å². The molecule has 0 unspecified atom stereocenters. The highest BCUT2D eigenvalue weighted by Crippen LogP contribution is 2.27. The van der Waals surface area contributed by atoms with Crippen molar-refractivity contribution in [1.82, 2.24) is 19.9 Å². The highest BCUT2D eigenvalue weighted by Gasteiger charge is 2.14. The Kier molecular flexibility index (Phi) is 7.61. The van der Waals surface area contributed by atoms with E-state index in [1.165, 1.54) is 11.6 Å². The Hall–Kier alpha value is -3.97. The van der Waals surface area contributed by atoms with Gasteiger partial charge in [0, 0.05) is 24.1 Å². The summed E-state index contributed by atoms with van der Waals surface area (Å²) >= 11 is 1.61. The lowest BCUT2D eigenvalue weighted by Gasteiger charge is -2.13. The van der Waals surface area contributed by atoms with Crippen molar-refractivity contribution in [3.63, 3.8) is 0 Å². The number of rotatable bonds is 9. The zero-order valence-corrected chi connectivity index (χ0v) is 21.3. The number of aromatic nitrogens is 3. The van der Waals surface area contributed by atoms with Crippen molar-refractivity contribution < 1.29 is 9.18 Å². The third-order valence-electron chi connectivity index (χ3n) is 6.27. The number of benzene rings is 3. The number of amides is 1. The molecular weight excluding hydrogens is 483 g/mol. The van der Waals surface area contributed by atoms with Crippen molar-refractivity contribution in [1.29, 1.82) is 0 Å². The van der Waals surface area contributed by atoms with Crippen LogP contribution < -0.4 is 5.32 Å². The number of nitrogens with one attached hydrogen (secondary N) is 1. The molecule has 7 heteroatoms. The van der Waals surface area contributed by atoms with Crippen LogP contribution in [0, 0.1) is 5.82 Å². The Bertz CT molecular complexity index is 1500. The number of thioether (sulfide) groups is 1. The fraction of sp³-hybridized carbons (Fsp3) is 0.167. The molecule has 5 aromatic rings. The van der Waals surface area contributed by atoms with Crippen molar-refractivity contribution >= 4 is 28.7 Å². The summed E-state index contributed by atoms with van der Waals surface area (Å²) in [6, 6.07) is 26.3. The zero-order chi connectivity index (χ0) is 25.6. The molecule has 0 spiro atoms. The fourth-order valence-electron chi connectivity index (χ4n) is 4.18. The quantitative estimate of drug-likeness (QED) is 0.232. The number of nitrogens with zero attached hydrogens (tertiary/aromatic N) is 3. The number of hydrogen-bond acceptors (Lipinski definition) is 4. The molecule has 0 aliphatic rings. The summed E-state index contributed by atoms with van der Waals surface area (Å²) in [5.41, 5.74) is 5.55. The smallest absolute Gasteiger partial charge is 0.251 e. The molecule has 2 heterocycles. The lowest BCUT2D eigenvalue weighted by atomic mass is 10.0. The van der Waals surface area contributed by atoms with E-state index in [4.69, 9.17) is 4.98 Å². The third kappa shape index (κ3) is 6.06. The van der Waals surface area contributed by atoms with E-state index in [9.17, 15) is 9.18 Å². The van der Waals surface area contributed by atoms with E-state index in [1.54, 1.807) is 36.3 Å². The molecule has 37 heavy (non-hydrogen) atoms. The summed E-state index contributed by atoms with van der Waals surface area (Å²) in [4.78, 5) is 21.7. The molecule has 3 aromatic carbocycles. The SMILES string of the molecule is C[C@@H](CNC(=O)c1ccc(CSc2nc3ccncc3n2Cc2cccc(F)c2)cc1)c1ccccc1.